The maximum atomic E-state index is 14.0. The highest BCUT2D eigenvalue weighted by molar-refractivity contribution is 6.33. The van der Waals surface area contributed by atoms with Gasteiger partial charge in [0.1, 0.15) is 0 Å². The summed E-state index contributed by atoms with van der Waals surface area (Å²) in [5.41, 5.74) is 7.19. The van der Waals surface area contributed by atoms with Crippen molar-refractivity contribution in [3.8, 4) is 16.9 Å². The normalized spacial score (nSPS) is 10.3. The van der Waals surface area contributed by atoms with E-state index in [1.807, 2.05) is 0 Å². The lowest BCUT2D eigenvalue weighted by atomic mass is 10.0. The summed E-state index contributed by atoms with van der Waals surface area (Å²) < 4.78 is 18.9. The number of methoxy groups -OCH3 is 1. The Morgan fingerprint density at radius 3 is 2.65 bits per heavy atom. The molecule has 2 rings (SSSR count). The summed E-state index contributed by atoms with van der Waals surface area (Å²) in [6.07, 6.45) is 0. The summed E-state index contributed by atoms with van der Waals surface area (Å²) in [5.74, 6) is -0.203. The van der Waals surface area contributed by atoms with Crippen LogP contribution in [0, 0.1) is 5.82 Å². The van der Waals surface area contributed by atoms with Gasteiger partial charge in [-0.05, 0) is 23.8 Å². The molecule has 0 radical (unpaired) electrons. The SMILES string of the molecule is COc1cccc(-c2ccc(N)c(Cl)c2)c1F. The van der Waals surface area contributed by atoms with Crippen LogP contribution in [0.3, 0.4) is 0 Å². The topological polar surface area (TPSA) is 35.2 Å². The van der Waals surface area contributed by atoms with Gasteiger partial charge >= 0.3 is 0 Å². The Kier molecular flexibility index (Phi) is 3.20. The molecule has 0 fully saturated rings. The van der Waals surface area contributed by atoms with Crippen LogP contribution < -0.4 is 10.5 Å². The van der Waals surface area contributed by atoms with Crippen molar-refractivity contribution in [3.63, 3.8) is 0 Å². The molecule has 0 unspecified atom stereocenters. The number of nitrogen functional groups attached to an aromatic ring is 1. The van der Waals surface area contributed by atoms with E-state index in [1.165, 1.54) is 7.11 Å². The standard InChI is InChI=1S/C13H11ClFNO/c1-17-12-4-2-3-9(13(12)15)8-5-6-11(16)10(14)7-8/h2-7H,16H2,1H3. The maximum Gasteiger partial charge on any atom is 0.172 e. The Morgan fingerprint density at radius 2 is 2.00 bits per heavy atom. The third-order valence-corrected chi connectivity index (χ3v) is 2.82. The number of rotatable bonds is 2. The molecule has 0 atom stereocenters. The van der Waals surface area contributed by atoms with Crippen molar-refractivity contribution in [1.82, 2.24) is 0 Å². The molecule has 2 aromatic rings. The predicted molar refractivity (Wildman–Crippen MR) is 67.8 cm³/mol. The number of hydrogen-bond acceptors (Lipinski definition) is 2. The second-order valence-corrected chi connectivity index (χ2v) is 3.97. The van der Waals surface area contributed by atoms with Crippen LogP contribution in [0.1, 0.15) is 0 Å². The van der Waals surface area contributed by atoms with Crippen LogP contribution in [-0.2, 0) is 0 Å². The lowest BCUT2D eigenvalue weighted by Crippen LogP contribution is -1.92. The van der Waals surface area contributed by atoms with E-state index in [4.69, 9.17) is 22.1 Å². The van der Waals surface area contributed by atoms with E-state index in [9.17, 15) is 4.39 Å². The van der Waals surface area contributed by atoms with E-state index in [0.717, 1.165) is 0 Å². The van der Waals surface area contributed by atoms with Gasteiger partial charge in [0, 0.05) is 5.56 Å². The highest BCUT2D eigenvalue weighted by Crippen LogP contribution is 2.32. The molecule has 0 saturated heterocycles. The molecule has 0 aliphatic rings. The smallest absolute Gasteiger partial charge is 0.172 e. The van der Waals surface area contributed by atoms with Crippen molar-refractivity contribution in [2.24, 2.45) is 0 Å². The Labute approximate surface area is 104 Å². The lowest BCUT2D eigenvalue weighted by molar-refractivity contribution is 0.387. The third kappa shape index (κ3) is 2.19. The minimum Gasteiger partial charge on any atom is -0.494 e. The molecule has 0 spiro atoms. The van der Waals surface area contributed by atoms with Gasteiger partial charge in [0.05, 0.1) is 17.8 Å². The van der Waals surface area contributed by atoms with Crippen LogP contribution in [-0.4, -0.2) is 7.11 Å². The number of anilines is 1. The van der Waals surface area contributed by atoms with E-state index in [0.29, 0.717) is 21.8 Å². The van der Waals surface area contributed by atoms with E-state index < -0.39 is 5.82 Å². The fourth-order valence-corrected chi connectivity index (χ4v) is 1.77. The van der Waals surface area contributed by atoms with Crippen LogP contribution in [0.25, 0.3) is 11.1 Å². The van der Waals surface area contributed by atoms with Crippen LogP contribution in [0.2, 0.25) is 5.02 Å². The van der Waals surface area contributed by atoms with Crippen LogP contribution in [0.5, 0.6) is 5.75 Å². The molecule has 4 heteroatoms. The van der Waals surface area contributed by atoms with Crippen LogP contribution in [0.15, 0.2) is 36.4 Å². The predicted octanol–water partition coefficient (Wildman–Crippen LogP) is 3.74. The molecule has 2 aromatic carbocycles. The Morgan fingerprint density at radius 1 is 1.24 bits per heavy atom. The average molecular weight is 252 g/mol. The third-order valence-electron chi connectivity index (χ3n) is 2.49. The number of halogens is 2. The molecule has 2 N–H and O–H groups in total. The molecule has 88 valence electrons. The molecule has 0 aliphatic heterocycles. The van der Waals surface area contributed by atoms with Crippen LogP contribution in [0.4, 0.5) is 10.1 Å². The van der Waals surface area contributed by atoms with Gasteiger partial charge in [-0.25, -0.2) is 4.39 Å². The first-order valence-corrected chi connectivity index (χ1v) is 5.39. The molecule has 0 heterocycles. The van der Waals surface area contributed by atoms with Crippen molar-refractivity contribution in [2.75, 3.05) is 12.8 Å². The fraction of sp³-hybridized carbons (Fsp3) is 0.0769. The summed E-state index contributed by atoms with van der Waals surface area (Å²) in [4.78, 5) is 0. The van der Waals surface area contributed by atoms with E-state index in [-0.39, 0.29) is 5.75 Å². The molecule has 0 amide bonds. The summed E-state index contributed by atoms with van der Waals surface area (Å²) in [7, 11) is 1.43. The number of nitrogens with two attached hydrogens (primary N) is 1. The molecule has 0 saturated carbocycles. The Balaban J connectivity index is 2.56. The maximum absolute atomic E-state index is 14.0. The second kappa shape index (κ2) is 4.63. The molecule has 0 aliphatic carbocycles. The van der Waals surface area contributed by atoms with Gasteiger partial charge in [0.2, 0.25) is 0 Å². The van der Waals surface area contributed by atoms with Crippen molar-refractivity contribution < 1.29 is 9.13 Å². The van der Waals surface area contributed by atoms with Gasteiger partial charge in [0.25, 0.3) is 0 Å². The van der Waals surface area contributed by atoms with Crippen molar-refractivity contribution in [3.05, 3.63) is 47.2 Å². The largest absolute Gasteiger partial charge is 0.494 e. The highest BCUT2D eigenvalue weighted by Gasteiger charge is 2.10. The first kappa shape index (κ1) is 11.7. The zero-order valence-corrected chi connectivity index (χ0v) is 9.96. The van der Waals surface area contributed by atoms with Crippen LogP contribution >= 0.6 is 11.6 Å². The van der Waals surface area contributed by atoms with Crippen molar-refractivity contribution >= 4 is 17.3 Å². The average Bonchev–Trinajstić information content (AvgIpc) is 2.33. The first-order chi connectivity index (χ1) is 8.13. The minimum absolute atomic E-state index is 0.204. The second-order valence-electron chi connectivity index (χ2n) is 3.56. The van der Waals surface area contributed by atoms with E-state index in [1.54, 1.807) is 36.4 Å². The monoisotopic (exact) mass is 251 g/mol. The Bertz CT molecular complexity index is 557. The van der Waals surface area contributed by atoms with Gasteiger partial charge in [-0.15, -0.1) is 0 Å². The number of ether oxygens (including phenoxy) is 1. The first-order valence-electron chi connectivity index (χ1n) is 5.01. The fourth-order valence-electron chi connectivity index (χ4n) is 1.59. The molecule has 0 bridgehead atoms. The van der Waals surface area contributed by atoms with E-state index >= 15 is 0 Å². The van der Waals surface area contributed by atoms with Gasteiger partial charge in [0.15, 0.2) is 11.6 Å². The number of benzene rings is 2. The molecular formula is C13H11ClFNO. The molecule has 17 heavy (non-hydrogen) atoms. The zero-order valence-electron chi connectivity index (χ0n) is 9.21. The van der Waals surface area contributed by atoms with Gasteiger partial charge in [-0.1, -0.05) is 29.8 Å². The molecular weight excluding hydrogens is 241 g/mol. The quantitative estimate of drug-likeness (QED) is 0.826. The highest BCUT2D eigenvalue weighted by atomic mass is 35.5. The summed E-state index contributed by atoms with van der Waals surface area (Å²) in [6, 6.07) is 9.96. The zero-order chi connectivity index (χ0) is 12.4. The van der Waals surface area contributed by atoms with Gasteiger partial charge in [-0.2, -0.15) is 0 Å². The van der Waals surface area contributed by atoms with Gasteiger partial charge < -0.3 is 10.5 Å². The molecule has 2 nitrogen and oxygen atoms in total. The minimum atomic E-state index is -0.407. The summed E-state index contributed by atoms with van der Waals surface area (Å²) >= 11 is 5.91. The van der Waals surface area contributed by atoms with Crippen molar-refractivity contribution in [1.29, 1.82) is 0 Å². The summed E-state index contributed by atoms with van der Waals surface area (Å²) in [5, 5.41) is 0.407. The van der Waals surface area contributed by atoms with Crippen molar-refractivity contribution in [2.45, 2.75) is 0 Å². The van der Waals surface area contributed by atoms with E-state index in [2.05, 4.69) is 0 Å². The number of hydrogen-bond donors (Lipinski definition) is 1. The molecule has 0 aromatic heterocycles. The Hall–Kier alpha value is -1.74. The van der Waals surface area contributed by atoms with Gasteiger partial charge in [-0.3, -0.25) is 0 Å². The summed E-state index contributed by atoms with van der Waals surface area (Å²) in [6.45, 7) is 0. The lowest BCUT2D eigenvalue weighted by Gasteiger charge is -2.08.